The Kier molecular flexibility index (Phi) is 4.79. The van der Waals surface area contributed by atoms with E-state index in [9.17, 15) is 9.59 Å². The standard InChI is InChI=1S/C17H19ClN4O2S/c1-17(2,3)15-20-21-16(25-15)19-14(24)10-8-13(23)22(9-10)12-6-4-11(18)5-7-12/h4-7,10H,8-9H2,1-3H3,(H,19,21,24)/t10-/m0/s1. The Bertz CT molecular complexity index is 798. The smallest absolute Gasteiger partial charge is 0.231 e. The van der Waals surface area contributed by atoms with Gasteiger partial charge < -0.3 is 10.2 Å². The van der Waals surface area contributed by atoms with Gasteiger partial charge in [0.1, 0.15) is 5.01 Å². The molecule has 1 aromatic heterocycles. The molecule has 132 valence electrons. The summed E-state index contributed by atoms with van der Waals surface area (Å²) in [6, 6.07) is 7.02. The van der Waals surface area contributed by atoms with E-state index in [1.807, 2.05) is 20.8 Å². The lowest BCUT2D eigenvalue weighted by molar-refractivity contribution is -0.122. The molecule has 8 heteroatoms. The van der Waals surface area contributed by atoms with Crippen molar-refractivity contribution in [3.05, 3.63) is 34.3 Å². The average Bonchev–Trinajstić information content (AvgIpc) is 3.15. The molecule has 6 nitrogen and oxygen atoms in total. The lowest BCUT2D eigenvalue weighted by Gasteiger charge is -2.16. The van der Waals surface area contributed by atoms with Crippen molar-refractivity contribution < 1.29 is 9.59 Å². The number of hydrogen-bond acceptors (Lipinski definition) is 5. The van der Waals surface area contributed by atoms with Crippen LogP contribution in [0, 0.1) is 5.92 Å². The molecule has 0 bridgehead atoms. The van der Waals surface area contributed by atoms with E-state index in [0.717, 1.165) is 10.7 Å². The largest absolute Gasteiger partial charge is 0.312 e. The summed E-state index contributed by atoms with van der Waals surface area (Å²) in [5, 5.41) is 12.9. The Morgan fingerprint density at radius 2 is 1.96 bits per heavy atom. The number of benzene rings is 1. The second kappa shape index (κ2) is 6.72. The second-order valence-corrected chi connectivity index (χ2v) is 8.45. The van der Waals surface area contributed by atoms with Crippen LogP contribution in [0.4, 0.5) is 10.8 Å². The third-order valence-electron chi connectivity index (χ3n) is 3.93. The molecule has 1 N–H and O–H groups in total. The maximum atomic E-state index is 12.5. The molecule has 2 heterocycles. The second-order valence-electron chi connectivity index (χ2n) is 7.03. The van der Waals surface area contributed by atoms with Gasteiger partial charge in [-0.1, -0.05) is 43.7 Å². The first-order valence-corrected chi connectivity index (χ1v) is 9.14. The van der Waals surface area contributed by atoms with Gasteiger partial charge in [-0.05, 0) is 24.3 Å². The molecule has 0 radical (unpaired) electrons. The van der Waals surface area contributed by atoms with Crippen molar-refractivity contribution in [1.29, 1.82) is 0 Å². The number of halogens is 1. The van der Waals surface area contributed by atoms with Crippen molar-refractivity contribution in [3.8, 4) is 0 Å². The summed E-state index contributed by atoms with van der Waals surface area (Å²) in [6.07, 6.45) is 0.180. The Hall–Kier alpha value is -1.99. The van der Waals surface area contributed by atoms with Crippen LogP contribution in [-0.2, 0) is 15.0 Å². The molecule has 0 saturated carbocycles. The molecule has 1 saturated heterocycles. The molecule has 1 aromatic carbocycles. The van der Waals surface area contributed by atoms with Crippen LogP contribution >= 0.6 is 22.9 Å². The number of nitrogens with zero attached hydrogens (tertiary/aromatic N) is 3. The van der Waals surface area contributed by atoms with E-state index in [0.29, 0.717) is 16.7 Å². The topological polar surface area (TPSA) is 75.2 Å². The molecular formula is C17H19ClN4O2S. The number of rotatable bonds is 3. The molecule has 1 fully saturated rings. The first-order chi connectivity index (χ1) is 11.7. The van der Waals surface area contributed by atoms with Crippen LogP contribution in [-0.4, -0.2) is 28.6 Å². The zero-order valence-corrected chi connectivity index (χ0v) is 15.8. The van der Waals surface area contributed by atoms with Crippen LogP contribution in [0.2, 0.25) is 5.02 Å². The molecule has 3 rings (SSSR count). The van der Waals surface area contributed by atoms with Gasteiger partial charge >= 0.3 is 0 Å². The van der Waals surface area contributed by atoms with E-state index in [4.69, 9.17) is 11.6 Å². The Morgan fingerprint density at radius 1 is 1.28 bits per heavy atom. The summed E-state index contributed by atoms with van der Waals surface area (Å²) in [5.41, 5.74) is 0.630. The predicted octanol–water partition coefficient (Wildman–Crippen LogP) is 3.48. The molecule has 2 aromatic rings. The van der Waals surface area contributed by atoms with Crippen LogP contribution in [0.3, 0.4) is 0 Å². The Morgan fingerprint density at radius 3 is 2.56 bits per heavy atom. The summed E-state index contributed by atoms with van der Waals surface area (Å²) >= 11 is 7.24. The lowest BCUT2D eigenvalue weighted by atomic mass is 9.98. The quantitative estimate of drug-likeness (QED) is 0.887. The van der Waals surface area contributed by atoms with Gasteiger partial charge in [0.2, 0.25) is 16.9 Å². The van der Waals surface area contributed by atoms with Gasteiger partial charge in [0.15, 0.2) is 0 Å². The SMILES string of the molecule is CC(C)(C)c1nnc(NC(=O)[C@H]2CC(=O)N(c3ccc(Cl)cc3)C2)s1. The molecule has 0 spiro atoms. The highest BCUT2D eigenvalue weighted by atomic mass is 35.5. The maximum Gasteiger partial charge on any atom is 0.231 e. The van der Waals surface area contributed by atoms with Gasteiger partial charge in [0.25, 0.3) is 0 Å². The van der Waals surface area contributed by atoms with Gasteiger partial charge in [0, 0.05) is 29.1 Å². The van der Waals surface area contributed by atoms with Crippen LogP contribution in [0.1, 0.15) is 32.2 Å². The fourth-order valence-corrected chi connectivity index (χ4v) is 3.47. The highest BCUT2D eigenvalue weighted by Gasteiger charge is 2.35. The number of nitrogens with one attached hydrogen (secondary N) is 1. The van der Waals surface area contributed by atoms with E-state index in [-0.39, 0.29) is 23.7 Å². The summed E-state index contributed by atoms with van der Waals surface area (Å²) < 4.78 is 0. The first kappa shape index (κ1) is 17.8. The van der Waals surface area contributed by atoms with Crippen LogP contribution < -0.4 is 10.2 Å². The normalized spacial score (nSPS) is 17.8. The van der Waals surface area contributed by atoms with Crippen molar-refractivity contribution in [2.45, 2.75) is 32.6 Å². The fourth-order valence-electron chi connectivity index (χ4n) is 2.54. The summed E-state index contributed by atoms with van der Waals surface area (Å²) in [4.78, 5) is 26.3. The summed E-state index contributed by atoms with van der Waals surface area (Å²) in [6.45, 7) is 6.47. The molecule has 2 amide bonds. The molecule has 1 aliphatic heterocycles. The van der Waals surface area contributed by atoms with E-state index in [1.54, 1.807) is 29.2 Å². The maximum absolute atomic E-state index is 12.5. The van der Waals surface area contributed by atoms with Gasteiger partial charge in [0.05, 0.1) is 5.92 Å². The minimum atomic E-state index is -0.412. The van der Waals surface area contributed by atoms with E-state index in [1.165, 1.54) is 11.3 Å². The molecule has 1 aliphatic rings. The van der Waals surface area contributed by atoms with Crippen molar-refractivity contribution in [1.82, 2.24) is 10.2 Å². The van der Waals surface area contributed by atoms with E-state index < -0.39 is 5.92 Å². The number of amides is 2. The molecule has 25 heavy (non-hydrogen) atoms. The zero-order valence-electron chi connectivity index (χ0n) is 14.2. The first-order valence-electron chi connectivity index (χ1n) is 7.95. The summed E-state index contributed by atoms with van der Waals surface area (Å²) in [7, 11) is 0. The van der Waals surface area contributed by atoms with Crippen molar-refractivity contribution >= 4 is 45.6 Å². The summed E-state index contributed by atoms with van der Waals surface area (Å²) in [5.74, 6) is -0.693. The van der Waals surface area contributed by atoms with E-state index in [2.05, 4.69) is 15.5 Å². The lowest BCUT2D eigenvalue weighted by Crippen LogP contribution is -2.28. The molecule has 1 atom stereocenters. The number of carbonyl (C=O) groups excluding carboxylic acids is 2. The third kappa shape index (κ3) is 3.99. The van der Waals surface area contributed by atoms with Crippen molar-refractivity contribution in [2.75, 3.05) is 16.8 Å². The third-order valence-corrected chi connectivity index (χ3v) is 5.45. The number of anilines is 2. The van der Waals surface area contributed by atoms with Gasteiger partial charge in [-0.3, -0.25) is 9.59 Å². The fraction of sp³-hybridized carbons (Fsp3) is 0.412. The Labute approximate surface area is 155 Å². The molecule has 0 unspecified atom stereocenters. The minimum absolute atomic E-state index is 0.0740. The molecular weight excluding hydrogens is 360 g/mol. The molecule has 0 aliphatic carbocycles. The van der Waals surface area contributed by atoms with Gasteiger partial charge in [-0.2, -0.15) is 0 Å². The Balaban J connectivity index is 1.66. The average molecular weight is 379 g/mol. The zero-order chi connectivity index (χ0) is 18.2. The van der Waals surface area contributed by atoms with Gasteiger partial charge in [-0.15, -0.1) is 10.2 Å². The number of carbonyl (C=O) groups is 2. The monoisotopic (exact) mass is 378 g/mol. The highest BCUT2D eigenvalue weighted by Crippen LogP contribution is 2.30. The predicted molar refractivity (Wildman–Crippen MR) is 99.2 cm³/mol. The van der Waals surface area contributed by atoms with Crippen molar-refractivity contribution in [3.63, 3.8) is 0 Å². The number of aromatic nitrogens is 2. The minimum Gasteiger partial charge on any atom is -0.312 e. The van der Waals surface area contributed by atoms with Crippen LogP contribution in [0.5, 0.6) is 0 Å². The van der Waals surface area contributed by atoms with Crippen LogP contribution in [0.15, 0.2) is 24.3 Å². The highest BCUT2D eigenvalue weighted by molar-refractivity contribution is 7.15. The van der Waals surface area contributed by atoms with Gasteiger partial charge in [-0.25, -0.2) is 0 Å². The van der Waals surface area contributed by atoms with Crippen LogP contribution in [0.25, 0.3) is 0 Å². The van der Waals surface area contributed by atoms with E-state index >= 15 is 0 Å². The number of hydrogen-bond donors (Lipinski definition) is 1. The van der Waals surface area contributed by atoms with Crippen molar-refractivity contribution in [2.24, 2.45) is 5.92 Å².